The van der Waals surface area contributed by atoms with E-state index in [9.17, 15) is 18.0 Å². The Morgan fingerprint density at radius 2 is 1.91 bits per heavy atom. The highest BCUT2D eigenvalue weighted by Crippen LogP contribution is 2.32. The third kappa shape index (κ3) is 5.46. The maximum Gasteiger partial charge on any atom is 0.375 e. The number of carbonyl (C=O) groups is 2. The number of hydrogen-bond acceptors (Lipinski definition) is 7. The van der Waals surface area contributed by atoms with Crippen molar-refractivity contribution in [3.63, 3.8) is 0 Å². The summed E-state index contributed by atoms with van der Waals surface area (Å²) in [4.78, 5) is 25.8. The van der Waals surface area contributed by atoms with Gasteiger partial charge in [-0.25, -0.2) is 13.2 Å². The lowest BCUT2D eigenvalue weighted by Gasteiger charge is -2.11. The van der Waals surface area contributed by atoms with Gasteiger partial charge in [0, 0.05) is 32.7 Å². The molecular formula is C22H20ClNO6S2. The summed E-state index contributed by atoms with van der Waals surface area (Å²) >= 11 is 7.45. The van der Waals surface area contributed by atoms with Gasteiger partial charge in [0.05, 0.1) is 11.5 Å². The minimum atomic E-state index is -3.11. The number of hydrogen-bond donors (Lipinski definition) is 1. The molecule has 1 aromatic heterocycles. The third-order valence-corrected chi connectivity index (χ3v) is 8.07. The second kappa shape index (κ2) is 9.56. The van der Waals surface area contributed by atoms with Gasteiger partial charge in [0.2, 0.25) is 5.76 Å². The Hall–Kier alpha value is -2.49. The molecule has 1 atom stereocenters. The Balaban J connectivity index is 1.44. The van der Waals surface area contributed by atoms with Crippen LogP contribution >= 0.6 is 23.4 Å². The topological polar surface area (TPSA) is 103 Å². The Labute approximate surface area is 194 Å². The molecule has 1 unspecified atom stereocenters. The molecule has 1 aliphatic heterocycles. The van der Waals surface area contributed by atoms with E-state index in [1.165, 1.54) is 11.8 Å². The zero-order valence-electron chi connectivity index (χ0n) is 16.9. The second-order valence-electron chi connectivity index (χ2n) is 7.39. The predicted octanol–water partition coefficient (Wildman–Crippen LogP) is 3.84. The average Bonchev–Trinajstić information content (AvgIpc) is 3.31. The molecular weight excluding hydrogens is 474 g/mol. The number of para-hydroxylation sites is 1. The lowest BCUT2D eigenvalue weighted by molar-refractivity contribution is -0.124. The average molecular weight is 494 g/mol. The molecule has 1 amide bonds. The van der Waals surface area contributed by atoms with Crippen LogP contribution in [0.1, 0.15) is 22.5 Å². The molecule has 7 nitrogen and oxygen atoms in total. The van der Waals surface area contributed by atoms with E-state index in [1.54, 1.807) is 24.3 Å². The molecule has 3 aromatic rings. The van der Waals surface area contributed by atoms with E-state index in [-0.39, 0.29) is 17.3 Å². The number of halogens is 1. The molecule has 1 N–H and O–H groups in total. The normalized spacial score (nSPS) is 17.3. The maximum atomic E-state index is 12.7. The summed E-state index contributed by atoms with van der Waals surface area (Å²) in [5, 5.41) is 4.03. The summed E-state index contributed by atoms with van der Waals surface area (Å²) in [6, 6.07) is 14.2. The highest BCUT2D eigenvalue weighted by Gasteiger charge is 2.29. The van der Waals surface area contributed by atoms with Crippen LogP contribution < -0.4 is 5.32 Å². The molecule has 1 saturated heterocycles. The van der Waals surface area contributed by atoms with Gasteiger partial charge >= 0.3 is 5.97 Å². The first kappa shape index (κ1) is 22.7. The van der Waals surface area contributed by atoms with Crippen molar-refractivity contribution in [2.75, 3.05) is 18.1 Å². The summed E-state index contributed by atoms with van der Waals surface area (Å²) in [5.41, 5.74) is 1.22. The number of thioether (sulfide) groups is 1. The summed E-state index contributed by atoms with van der Waals surface area (Å²) in [5.74, 6) is -0.845. The first-order chi connectivity index (χ1) is 15.3. The Morgan fingerprint density at radius 3 is 2.62 bits per heavy atom. The zero-order chi connectivity index (χ0) is 22.7. The van der Waals surface area contributed by atoms with Gasteiger partial charge < -0.3 is 14.5 Å². The van der Waals surface area contributed by atoms with E-state index in [0.717, 1.165) is 10.3 Å². The molecule has 0 radical (unpaired) electrons. The van der Waals surface area contributed by atoms with Gasteiger partial charge in [0.25, 0.3) is 5.91 Å². The molecule has 2 aromatic carbocycles. The van der Waals surface area contributed by atoms with Crippen LogP contribution in [-0.2, 0) is 25.1 Å². The minimum absolute atomic E-state index is 0.0453. The van der Waals surface area contributed by atoms with Crippen LogP contribution in [0.3, 0.4) is 0 Å². The summed E-state index contributed by atoms with van der Waals surface area (Å²) in [6.45, 7) is -0.518. The number of carbonyl (C=O) groups excluding carboxylic acids is 2. The number of rotatable bonds is 7. The zero-order valence-corrected chi connectivity index (χ0v) is 19.3. The maximum absolute atomic E-state index is 12.7. The lowest BCUT2D eigenvalue weighted by atomic mass is 10.1. The molecule has 0 saturated carbocycles. The lowest BCUT2D eigenvalue weighted by Crippen LogP contribution is -2.38. The first-order valence-corrected chi connectivity index (χ1v) is 13.0. The van der Waals surface area contributed by atoms with E-state index < -0.39 is 34.4 Å². The molecule has 2 heterocycles. The molecule has 0 aliphatic carbocycles. The summed E-state index contributed by atoms with van der Waals surface area (Å²) in [6.07, 6.45) is 0.359. The Morgan fingerprint density at radius 1 is 1.16 bits per heavy atom. The predicted molar refractivity (Wildman–Crippen MR) is 123 cm³/mol. The first-order valence-electron chi connectivity index (χ1n) is 9.86. The van der Waals surface area contributed by atoms with Gasteiger partial charge in [-0.05, 0) is 36.8 Å². The minimum Gasteiger partial charge on any atom is -0.450 e. The monoisotopic (exact) mass is 493 g/mol. The number of nitrogens with one attached hydrogen (secondary N) is 1. The highest BCUT2D eigenvalue weighted by atomic mass is 35.5. The van der Waals surface area contributed by atoms with Crippen LogP contribution in [0.25, 0.3) is 11.0 Å². The number of amides is 1. The molecule has 1 aliphatic rings. The number of esters is 1. The SMILES string of the molecule is O=C(COC(=O)c1oc2ccccc2c1CSc1ccc(Cl)cc1)NC1CCS(=O)(=O)C1. The molecule has 10 heteroatoms. The molecule has 168 valence electrons. The van der Waals surface area contributed by atoms with Crippen LogP contribution in [0.15, 0.2) is 57.8 Å². The Kier molecular flexibility index (Phi) is 6.78. The summed E-state index contributed by atoms with van der Waals surface area (Å²) < 4.78 is 33.9. The second-order valence-corrected chi connectivity index (χ2v) is 11.1. The molecule has 0 spiro atoms. The van der Waals surface area contributed by atoms with E-state index in [4.69, 9.17) is 20.8 Å². The fraction of sp³-hybridized carbons (Fsp3) is 0.273. The molecule has 4 rings (SSSR count). The van der Waals surface area contributed by atoms with Crippen LogP contribution in [0.2, 0.25) is 5.02 Å². The fourth-order valence-corrected chi connectivity index (χ4v) is 6.19. The number of furan rings is 1. The van der Waals surface area contributed by atoms with Gasteiger partial charge in [0.1, 0.15) is 5.58 Å². The van der Waals surface area contributed by atoms with E-state index >= 15 is 0 Å². The van der Waals surface area contributed by atoms with Crippen LogP contribution in [0.4, 0.5) is 0 Å². The standard InChI is InChI=1S/C22H20ClNO6S2/c23-14-5-7-16(8-6-14)31-12-18-17-3-1-2-4-19(17)30-21(18)22(26)29-11-20(25)24-15-9-10-32(27,28)13-15/h1-8,15H,9-13H2,(H,24,25). The molecule has 32 heavy (non-hydrogen) atoms. The number of ether oxygens (including phenoxy) is 1. The van der Waals surface area contributed by atoms with Crippen molar-refractivity contribution in [1.82, 2.24) is 5.32 Å². The summed E-state index contributed by atoms with van der Waals surface area (Å²) in [7, 11) is -3.11. The van der Waals surface area contributed by atoms with Gasteiger partial charge in [-0.15, -0.1) is 11.8 Å². The van der Waals surface area contributed by atoms with Gasteiger partial charge in [0.15, 0.2) is 16.4 Å². The molecule has 0 bridgehead atoms. The largest absolute Gasteiger partial charge is 0.450 e. The van der Waals surface area contributed by atoms with Crippen molar-refractivity contribution in [1.29, 1.82) is 0 Å². The van der Waals surface area contributed by atoms with Crippen molar-refractivity contribution < 1.29 is 27.2 Å². The Bertz CT molecular complexity index is 1250. The van der Waals surface area contributed by atoms with Crippen LogP contribution in [0.5, 0.6) is 0 Å². The quantitative estimate of drug-likeness (QED) is 0.394. The van der Waals surface area contributed by atoms with E-state index in [1.807, 2.05) is 24.3 Å². The fourth-order valence-electron chi connectivity index (χ4n) is 3.47. The number of benzene rings is 2. The van der Waals surface area contributed by atoms with Crippen molar-refractivity contribution >= 4 is 56.0 Å². The van der Waals surface area contributed by atoms with Crippen molar-refractivity contribution in [3.8, 4) is 0 Å². The van der Waals surface area contributed by atoms with E-state index in [0.29, 0.717) is 28.3 Å². The third-order valence-electron chi connectivity index (χ3n) is 5.01. The van der Waals surface area contributed by atoms with E-state index in [2.05, 4.69) is 5.32 Å². The van der Waals surface area contributed by atoms with Crippen molar-refractivity contribution in [2.45, 2.75) is 23.1 Å². The van der Waals surface area contributed by atoms with Gasteiger partial charge in [-0.3, -0.25) is 4.79 Å². The van der Waals surface area contributed by atoms with Crippen LogP contribution in [0, 0.1) is 0 Å². The number of fused-ring (bicyclic) bond motifs is 1. The van der Waals surface area contributed by atoms with Crippen LogP contribution in [-0.4, -0.2) is 44.4 Å². The van der Waals surface area contributed by atoms with Gasteiger partial charge in [-0.1, -0.05) is 29.8 Å². The number of sulfone groups is 1. The highest BCUT2D eigenvalue weighted by molar-refractivity contribution is 7.98. The van der Waals surface area contributed by atoms with Crippen molar-refractivity contribution in [2.24, 2.45) is 0 Å². The smallest absolute Gasteiger partial charge is 0.375 e. The van der Waals surface area contributed by atoms with Crippen molar-refractivity contribution in [3.05, 3.63) is 64.9 Å². The molecule has 1 fully saturated rings. The van der Waals surface area contributed by atoms with Gasteiger partial charge in [-0.2, -0.15) is 0 Å².